The summed E-state index contributed by atoms with van der Waals surface area (Å²) in [5.41, 5.74) is 12.5. The van der Waals surface area contributed by atoms with E-state index in [4.69, 9.17) is 4.98 Å². The number of pyridine rings is 1. The lowest BCUT2D eigenvalue weighted by Crippen LogP contribution is -1.97. The van der Waals surface area contributed by atoms with E-state index >= 15 is 0 Å². The van der Waals surface area contributed by atoms with Crippen molar-refractivity contribution in [1.82, 2.24) is 14.1 Å². The molecule has 52 heavy (non-hydrogen) atoms. The highest BCUT2D eigenvalue weighted by molar-refractivity contribution is 6.25. The minimum absolute atomic E-state index is 1.00. The van der Waals surface area contributed by atoms with Crippen LogP contribution >= 0.6 is 0 Å². The zero-order valence-electron chi connectivity index (χ0n) is 28.2. The maximum atomic E-state index is 5.33. The fraction of sp³-hybridized carbons (Fsp3) is 0. The van der Waals surface area contributed by atoms with Gasteiger partial charge in [0.15, 0.2) is 0 Å². The predicted molar refractivity (Wildman–Crippen MR) is 219 cm³/mol. The van der Waals surface area contributed by atoms with E-state index in [1.807, 2.05) is 0 Å². The molecule has 0 aliphatic heterocycles. The second kappa shape index (κ2) is 11.3. The Morgan fingerprint density at radius 1 is 0.327 bits per heavy atom. The normalized spacial score (nSPS) is 11.8. The molecule has 0 saturated heterocycles. The average molecular weight is 662 g/mol. The van der Waals surface area contributed by atoms with Crippen LogP contribution in [0.3, 0.4) is 0 Å². The van der Waals surface area contributed by atoms with E-state index < -0.39 is 0 Å². The van der Waals surface area contributed by atoms with Gasteiger partial charge >= 0.3 is 0 Å². The number of hydrogen-bond acceptors (Lipinski definition) is 1. The summed E-state index contributed by atoms with van der Waals surface area (Å²) in [6.45, 7) is 0. The van der Waals surface area contributed by atoms with Crippen molar-refractivity contribution in [2.45, 2.75) is 0 Å². The van der Waals surface area contributed by atoms with Gasteiger partial charge in [-0.25, -0.2) is 4.98 Å². The number of benzene rings is 8. The Balaban J connectivity index is 1.12. The largest absolute Gasteiger partial charge is 0.309 e. The first-order valence-corrected chi connectivity index (χ1v) is 17.8. The Kier molecular flexibility index (Phi) is 6.25. The number of fused-ring (bicyclic) bond motifs is 10. The average Bonchev–Trinajstić information content (AvgIpc) is 3.74. The van der Waals surface area contributed by atoms with Crippen LogP contribution in [0.25, 0.3) is 99.0 Å². The van der Waals surface area contributed by atoms with Crippen molar-refractivity contribution in [2.24, 2.45) is 0 Å². The molecule has 0 amide bonds. The lowest BCUT2D eigenvalue weighted by atomic mass is 9.97. The monoisotopic (exact) mass is 661 g/mol. The zero-order chi connectivity index (χ0) is 34.2. The molecular formula is C49H31N3. The van der Waals surface area contributed by atoms with Gasteiger partial charge in [-0.3, -0.25) is 0 Å². The SMILES string of the molecule is c1ccc(-c2nc3ccccc3c3ccc4c5ccccc5n(-c5ccc(-c6cccc(-n7c8ccccc8c8ccccc87)c6)cc5)c4c23)cc1. The molecule has 0 aliphatic rings. The first kappa shape index (κ1) is 28.8. The Hall–Kier alpha value is -6.97. The molecular weight excluding hydrogens is 631 g/mol. The van der Waals surface area contributed by atoms with Gasteiger partial charge in [0.1, 0.15) is 0 Å². The summed E-state index contributed by atoms with van der Waals surface area (Å²) in [5.74, 6) is 0. The second-order valence-corrected chi connectivity index (χ2v) is 13.5. The van der Waals surface area contributed by atoms with Crippen molar-refractivity contribution in [2.75, 3.05) is 0 Å². The lowest BCUT2D eigenvalue weighted by Gasteiger charge is -2.15. The molecule has 0 radical (unpaired) electrons. The molecule has 3 heteroatoms. The van der Waals surface area contributed by atoms with E-state index in [9.17, 15) is 0 Å². The Morgan fingerprint density at radius 2 is 0.885 bits per heavy atom. The van der Waals surface area contributed by atoms with Gasteiger partial charge in [0.25, 0.3) is 0 Å². The third kappa shape index (κ3) is 4.23. The third-order valence-corrected chi connectivity index (χ3v) is 10.7. The van der Waals surface area contributed by atoms with Crippen LogP contribution < -0.4 is 0 Å². The molecule has 3 nitrogen and oxygen atoms in total. The Morgan fingerprint density at radius 3 is 1.60 bits per heavy atom. The summed E-state index contributed by atoms with van der Waals surface area (Å²) in [4.78, 5) is 5.33. The molecule has 11 aromatic rings. The fourth-order valence-electron chi connectivity index (χ4n) is 8.40. The number of aromatic nitrogens is 3. The molecule has 3 heterocycles. The summed E-state index contributed by atoms with van der Waals surface area (Å²) < 4.78 is 4.82. The van der Waals surface area contributed by atoms with Crippen LogP contribution in [-0.2, 0) is 0 Å². The first-order valence-electron chi connectivity index (χ1n) is 17.8. The van der Waals surface area contributed by atoms with E-state index in [2.05, 4.69) is 197 Å². The molecule has 0 spiro atoms. The standard InChI is InChI=1S/C49H31N3/c1-2-13-33(14-3-1)48-47-41(37-17-4-8-21-43(37)50-48)29-30-42-40-20-7-11-24-46(40)52(49(42)47)35-27-25-32(26-28-35)34-15-12-16-36(31-34)51-44-22-9-5-18-38(44)39-19-6-10-23-45(39)51/h1-31H. The minimum atomic E-state index is 1.00. The van der Waals surface area contributed by atoms with Gasteiger partial charge in [-0.1, -0.05) is 140 Å². The first-order chi connectivity index (χ1) is 25.8. The van der Waals surface area contributed by atoms with Crippen molar-refractivity contribution in [1.29, 1.82) is 0 Å². The summed E-state index contributed by atoms with van der Waals surface area (Å²) in [5, 5.41) is 8.53. The minimum Gasteiger partial charge on any atom is -0.309 e. The molecule has 0 unspecified atom stereocenters. The smallest absolute Gasteiger partial charge is 0.0809 e. The van der Waals surface area contributed by atoms with Crippen LogP contribution in [-0.4, -0.2) is 14.1 Å². The van der Waals surface area contributed by atoms with Crippen molar-refractivity contribution in [3.63, 3.8) is 0 Å². The molecule has 3 aromatic heterocycles. The summed E-state index contributed by atoms with van der Waals surface area (Å²) in [6, 6.07) is 67.8. The molecule has 11 rings (SSSR count). The molecule has 0 fully saturated rings. The topological polar surface area (TPSA) is 22.8 Å². The van der Waals surface area contributed by atoms with Crippen molar-refractivity contribution >= 4 is 65.3 Å². The van der Waals surface area contributed by atoms with E-state index in [0.717, 1.165) is 33.5 Å². The van der Waals surface area contributed by atoms with Crippen molar-refractivity contribution in [3.8, 4) is 33.8 Å². The highest BCUT2D eigenvalue weighted by Gasteiger charge is 2.20. The van der Waals surface area contributed by atoms with Crippen LogP contribution in [0.2, 0.25) is 0 Å². The number of para-hydroxylation sites is 4. The third-order valence-electron chi connectivity index (χ3n) is 10.7. The molecule has 8 aromatic carbocycles. The van der Waals surface area contributed by atoms with Crippen molar-refractivity contribution in [3.05, 3.63) is 188 Å². The van der Waals surface area contributed by atoms with Gasteiger partial charge in [-0.15, -0.1) is 0 Å². The Labute approximate surface area is 300 Å². The molecule has 0 saturated carbocycles. The fourth-order valence-corrected chi connectivity index (χ4v) is 8.40. The van der Waals surface area contributed by atoms with Gasteiger partial charge in [0.05, 0.1) is 33.3 Å². The molecule has 242 valence electrons. The van der Waals surface area contributed by atoms with Crippen molar-refractivity contribution < 1.29 is 0 Å². The summed E-state index contributed by atoms with van der Waals surface area (Å²) in [6.07, 6.45) is 0. The lowest BCUT2D eigenvalue weighted by molar-refractivity contribution is 1.18. The Bertz CT molecular complexity index is 3110. The number of hydrogen-bond donors (Lipinski definition) is 0. The molecule has 0 bridgehead atoms. The highest BCUT2D eigenvalue weighted by atomic mass is 15.0. The van der Waals surface area contributed by atoms with Gasteiger partial charge in [0.2, 0.25) is 0 Å². The second-order valence-electron chi connectivity index (χ2n) is 13.5. The molecule has 0 N–H and O–H groups in total. The molecule has 0 aliphatic carbocycles. The van der Waals surface area contributed by atoms with E-state index in [0.29, 0.717) is 0 Å². The number of rotatable bonds is 4. The van der Waals surface area contributed by atoms with Crippen LogP contribution in [0.5, 0.6) is 0 Å². The predicted octanol–water partition coefficient (Wildman–Crippen LogP) is 12.9. The van der Waals surface area contributed by atoms with E-state index in [-0.39, 0.29) is 0 Å². The van der Waals surface area contributed by atoms with Gasteiger partial charge in [-0.05, 0) is 65.0 Å². The molecule has 0 atom stereocenters. The van der Waals surface area contributed by atoms with Gasteiger partial charge in [0, 0.05) is 49.3 Å². The van der Waals surface area contributed by atoms with Crippen LogP contribution in [0.15, 0.2) is 188 Å². The quantitative estimate of drug-likeness (QED) is 0.172. The maximum absolute atomic E-state index is 5.33. The van der Waals surface area contributed by atoms with Gasteiger partial charge in [-0.2, -0.15) is 0 Å². The van der Waals surface area contributed by atoms with Crippen LogP contribution in [0.4, 0.5) is 0 Å². The maximum Gasteiger partial charge on any atom is 0.0809 e. The highest BCUT2D eigenvalue weighted by Crippen LogP contribution is 2.42. The summed E-state index contributed by atoms with van der Waals surface area (Å²) >= 11 is 0. The zero-order valence-corrected chi connectivity index (χ0v) is 28.2. The van der Waals surface area contributed by atoms with Crippen LogP contribution in [0, 0.1) is 0 Å². The van der Waals surface area contributed by atoms with E-state index in [1.165, 1.54) is 65.5 Å². The van der Waals surface area contributed by atoms with E-state index in [1.54, 1.807) is 0 Å². The van der Waals surface area contributed by atoms with Crippen LogP contribution in [0.1, 0.15) is 0 Å². The summed E-state index contributed by atoms with van der Waals surface area (Å²) in [7, 11) is 0. The number of nitrogens with zero attached hydrogens (tertiary/aromatic N) is 3. The van der Waals surface area contributed by atoms with Gasteiger partial charge < -0.3 is 9.13 Å².